The van der Waals surface area contributed by atoms with Crippen LogP contribution in [0.1, 0.15) is 25.3 Å². The van der Waals surface area contributed by atoms with Crippen molar-refractivity contribution in [1.82, 2.24) is 4.90 Å². The van der Waals surface area contributed by atoms with Crippen LogP contribution < -0.4 is 4.74 Å². The van der Waals surface area contributed by atoms with Crippen LogP contribution in [0.25, 0.3) is 0 Å². The zero-order valence-corrected chi connectivity index (χ0v) is 13.7. The fraction of sp³-hybridized carbons (Fsp3) is 0.562. The molecule has 4 nitrogen and oxygen atoms in total. The van der Waals surface area contributed by atoms with Gasteiger partial charge in [-0.25, -0.2) is 0 Å². The van der Waals surface area contributed by atoms with Crippen LogP contribution in [0, 0.1) is 5.92 Å². The highest BCUT2D eigenvalue weighted by atomic mass is 79.9. The first-order valence-electron chi connectivity index (χ1n) is 7.38. The van der Waals surface area contributed by atoms with E-state index in [1.165, 1.54) is 5.56 Å². The van der Waals surface area contributed by atoms with Crippen molar-refractivity contribution in [3.63, 3.8) is 0 Å². The quantitative estimate of drug-likeness (QED) is 0.907. The van der Waals surface area contributed by atoms with E-state index in [1.807, 2.05) is 6.07 Å². The summed E-state index contributed by atoms with van der Waals surface area (Å²) in [5.41, 5.74) is 1.44. The maximum absolute atomic E-state index is 11.0. The maximum atomic E-state index is 11.0. The minimum absolute atomic E-state index is 0.124. The summed E-state index contributed by atoms with van der Waals surface area (Å²) in [6.07, 6.45) is 2.07. The van der Waals surface area contributed by atoms with Crippen LogP contribution in [0.3, 0.4) is 0 Å². The molecule has 1 aromatic rings. The van der Waals surface area contributed by atoms with Crippen LogP contribution in [0.2, 0.25) is 0 Å². The number of carbonyl (C=O) groups is 1. The van der Waals surface area contributed by atoms with Crippen molar-refractivity contribution in [2.75, 3.05) is 26.2 Å². The van der Waals surface area contributed by atoms with E-state index in [1.54, 1.807) is 6.92 Å². The van der Waals surface area contributed by atoms with Gasteiger partial charge in [-0.1, -0.05) is 28.9 Å². The van der Waals surface area contributed by atoms with Crippen molar-refractivity contribution in [2.24, 2.45) is 5.92 Å². The average Bonchev–Trinajstić information content (AvgIpc) is 2.79. The van der Waals surface area contributed by atoms with Crippen LogP contribution in [-0.2, 0) is 10.2 Å². The minimum atomic E-state index is -0.713. The lowest BCUT2D eigenvalue weighted by Crippen LogP contribution is -2.45. The second kappa shape index (κ2) is 5.61. The summed E-state index contributed by atoms with van der Waals surface area (Å²) in [4.78, 5) is 13.2. The summed E-state index contributed by atoms with van der Waals surface area (Å²) in [7, 11) is 0. The maximum Gasteiger partial charge on any atom is 0.307 e. The van der Waals surface area contributed by atoms with Crippen LogP contribution in [0.4, 0.5) is 0 Å². The molecule has 1 atom stereocenters. The van der Waals surface area contributed by atoms with E-state index < -0.39 is 5.97 Å². The van der Waals surface area contributed by atoms with E-state index in [0.29, 0.717) is 6.54 Å². The highest BCUT2D eigenvalue weighted by molar-refractivity contribution is 9.10. The third kappa shape index (κ3) is 2.81. The van der Waals surface area contributed by atoms with E-state index in [0.717, 1.165) is 42.8 Å². The third-order valence-electron chi connectivity index (χ3n) is 4.79. The number of likely N-dealkylation sites (tertiary alicyclic amines) is 1. The highest BCUT2D eigenvalue weighted by Crippen LogP contribution is 2.46. The third-order valence-corrected chi connectivity index (χ3v) is 5.28. The fourth-order valence-corrected chi connectivity index (χ4v) is 3.73. The van der Waals surface area contributed by atoms with E-state index in [4.69, 9.17) is 9.84 Å². The predicted molar refractivity (Wildman–Crippen MR) is 83.8 cm³/mol. The summed E-state index contributed by atoms with van der Waals surface area (Å²) in [6.45, 7) is 5.05. The Morgan fingerprint density at radius 2 is 2.19 bits per heavy atom. The molecule has 21 heavy (non-hydrogen) atoms. The Morgan fingerprint density at radius 3 is 2.86 bits per heavy atom. The fourth-order valence-electron chi connectivity index (χ4n) is 3.39. The van der Waals surface area contributed by atoms with Gasteiger partial charge < -0.3 is 14.7 Å². The largest absolute Gasteiger partial charge is 0.492 e. The first kappa shape index (κ1) is 14.9. The lowest BCUT2D eigenvalue weighted by atomic mass is 9.74. The molecule has 1 spiro atoms. The molecule has 0 saturated carbocycles. The monoisotopic (exact) mass is 353 g/mol. The van der Waals surface area contributed by atoms with Crippen LogP contribution >= 0.6 is 15.9 Å². The Labute approximate surface area is 133 Å². The van der Waals surface area contributed by atoms with E-state index in [9.17, 15) is 4.79 Å². The van der Waals surface area contributed by atoms with Crippen LogP contribution in [-0.4, -0.2) is 42.2 Å². The predicted octanol–water partition coefficient (Wildman–Crippen LogP) is 2.90. The molecule has 0 aliphatic carbocycles. The molecule has 2 aliphatic heterocycles. The van der Waals surface area contributed by atoms with Gasteiger partial charge in [0.1, 0.15) is 5.75 Å². The Hall–Kier alpha value is -1.07. The number of fused-ring (bicyclic) bond motifs is 2. The number of carboxylic acid groups (broad SMARTS) is 1. The van der Waals surface area contributed by atoms with Crippen molar-refractivity contribution in [3.05, 3.63) is 28.2 Å². The van der Waals surface area contributed by atoms with Gasteiger partial charge >= 0.3 is 5.97 Å². The summed E-state index contributed by atoms with van der Waals surface area (Å²) < 4.78 is 6.93. The van der Waals surface area contributed by atoms with Gasteiger partial charge in [-0.2, -0.15) is 0 Å². The Balaban J connectivity index is 1.68. The van der Waals surface area contributed by atoms with Crippen molar-refractivity contribution in [3.8, 4) is 5.75 Å². The first-order chi connectivity index (χ1) is 10.00. The summed E-state index contributed by atoms with van der Waals surface area (Å²) in [5.74, 6) is -0.0199. The second-order valence-electron chi connectivity index (χ2n) is 6.25. The standard InChI is InChI=1S/C16H20BrNO3/c1-11(15(19)20)9-18-6-4-16(5-7-18)10-21-14-8-12(17)2-3-13(14)16/h2-3,8,11H,4-7,9-10H2,1H3,(H,19,20). The molecule has 0 radical (unpaired) electrons. The number of hydrogen-bond donors (Lipinski definition) is 1. The molecule has 1 N–H and O–H groups in total. The topological polar surface area (TPSA) is 49.8 Å². The highest BCUT2D eigenvalue weighted by Gasteiger charge is 2.43. The van der Waals surface area contributed by atoms with Crippen LogP contribution in [0.15, 0.2) is 22.7 Å². The van der Waals surface area contributed by atoms with Gasteiger partial charge in [0, 0.05) is 22.0 Å². The molecule has 2 aliphatic rings. The van der Waals surface area contributed by atoms with Crippen LogP contribution in [0.5, 0.6) is 5.75 Å². The lowest BCUT2D eigenvalue weighted by molar-refractivity contribution is -0.141. The van der Waals surface area contributed by atoms with E-state index in [2.05, 4.69) is 33.0 Å². The van der Waals surface area contributed by atoms with Crippen molar-refractivity contribution < 1.29 is 14.6 Å². The molecule has 1 unspecified atom stereocenters. The number of hydrogen-bond acceptors (Lipinski definition) is 3. The molecule has 1 aromatic carbocycles. The normalized spacial score (nSPS) is 21.8. The number of halogens is 1. The number of rotatable bonds is 3. The van der Waals surface area contributed by atoms with Gasteiger partial charge in [0.25, 0.3) is 0 Å². The van der Waals surface area contributed by atoms with E-state index >= 15 is 0 Å². The smallest absolute Gasteiger partial charge is 0.307 e. The lowest BCUT2D eigenvalue weighted by Gasteiger charge is -2.39. The SMILES string of the molecule is CC(CN1CCC2(CC1)COc1cc(Br)ccc12)C(=O)O. The summed E-state index contributed by atoms with van der Waals surface area (Å²) in [5, 5.41) is 9.02. The van der Waals surface area contributed by atoms with Gasteiger partial charge in [0.2, 0.25) is 0 Å². The van der Waals surface area contributed by atoms with Gasteiger partial charge in [-0.15, -0.1) is 0 Å². The number of carboxylic acids is 1. The molecule has 0 aromatic heterocycles. The molecular formula is C16H20BrNO3. The van der Waals surface area contributed by atoms with Gasteiger partial charge in [0.05, 0.1) is 12.5 Å². The molecule has 2 heterocycles. The molecule has 114 valence electrons. The number of benzene rings is 1. The zero-order valence-electron chi connectivity index (χ0n) is 12.1. The van der Waals surface area contributed by atoms with Crippen molar-refractivity contribution >= 4 is 21.9 Å². The van der Waals surface area contributed by atoms with Gasteiger partial charge in [-0.05, 0) is 38.1 Å². The Bertz CT molecular complexity index is 552. The van der Waals surface area contributed by atoms with Crippen molar-refractivity contribution in [1.29, 1.82) is 0 Å². The Morgan fingerprint density at radius 1 is 1.48 bits per heavy atom. The summed E-state index contributed by atoms with van der Waals surface area (Å²) in [6, 6.07) is 6.29. The number of ether oxygens (including phenoxy) is 1. The molecule has 1 fully saturated rings. The second-order valence-corrected chi connectivity index (χ2v) is 7.17. The zero-order chi connectivity index (χ0) is 15.0. The molecule has 1 saturated heterocycles. The molecule has 0 bridgehead atoms. The van der Waals surface area contributed by atoms with Gasteiger partial charge in [0.15, 0.2) is 0 Å². The summed E-state index contributed by atoms with van der Waals surface area (Å²) >= 11 is 3.48. The first-order valence-corrected chi connectivity index (χ1v) is 8.17. The molecule has 0 amide bonds. The van der Waals surface area contributed by atoms with Crippen molar-refractivity contribution in [2.45, 2.75) is 25.2 Å². The molecule has 3 rings (SSSR count). The average molecular weight is 354 g/mol. The van der Waals surface area contributed by atoms with E-state index in [-0.39, 0.29) is 11.3 Å². The number of piperidine rings is 1. The molecular weight excluding hydrogens is 334 g/mol. The molecule has 5 heteroatoms. The minimum Gasteiger partial charge on any atom is -0.492 e. The van der Waals surface area contributed by atoms with Gasteiger partial charge in [-0.3, -0.25) is 4.79 Å². The number of nitrogens with zero attached hydrogens (tertiary/aromatic N) is 1. The Kier molecular flexibility index (Phi) is 3.97. The number of aliphatic carboxylic acids is 1.